The second kappa shape index (κ2) is 5.06. The van der Waals surface area contributed by atoms with Crippen molar-refractivity contribution in [1.82, 2.24) is 0 Å². The van der Waals surface area contributed by atoms with E-state index in [1.54, 1.807) is 0 Å². The largest absolute Gasteiger partial charge is 0.180 e. The molecule has 0 aliphatic rings. The molecule has 0 bridgehead atoms. The first-order chi connectivity index (χ1) is 3.27. The standard InChI is InChI=1S/C4H12S2Si/c5-3-1-2-4(6)7/h4-6H,1-3H2,7H3. The zero-order valence-corrected chi connectivity index (χ0v) is 8.38. The van der Waals surface area contributed by atoms with Gasteiger partial charge in [0.1, 0.15) is 0 Å². The smallest absolute Gasteiger partial charge is 0.0189 e. The van der Waals surface area contributed by atoms with E-state index in [4.69, 9.17) is 0 Å². The molecule has 0 amide bonds. The molecule has 0 aliphatic carbocycles. The highest BCUT2D eigenvalue weighted by Crippen LogP contribution is 1.99. The molecule has 1 unspecified atom stereocenters. The van der Waals surface area contributed by atoms with Gasteiger partial charge in [-0.15, -0.1) is 0 Å². The van der Waals surface area contributed by atoms with E-state index in [0.29, 0.717) is 4.87 Å². The van der Waals surface area contributed by atoms with Crippen molar-refractivity contribution in [1.29, 1.82) is 0 Å². The summed E-state index contributed by atoms with van der Waals surface area (Å²) in [6.45, 7) is 0. The third kappa shape index (κ3) is 6.92. The van der Waals surface area contributed by atoms with Gasteiger partial charge in [0.15, 0.2) is 0 Å². The Hall–Kier alpha value is 0.917. The van der Waals surface area contributed by atoms with Crippen LogP contribution in [0.25, 0.3) is 0 Å². The Bertz CT molecular complexity index is 38.7. The van der Waals surface area contributed by atoms with Gasteiger partial charge in [0.2, 0.25) is 0 Å². The van der Waals surface area contributed by atoms with Gasteiger partial charge in [-0.1, -0.05) is 0 Å². The van der Waals surface area contributed by atoms with E-state index >= 15 is 0 Å². The Kier molecular flexibility index (Phi) is 5.72. The molecule has 0 spiro atoms. The van der Waals surface area contributed by atoms with Crippen LogP contribution in [0.5, 0.6) is 0 Å². The molecule has 7 heavy (non-hydrogen) atoms. The third-order valence-corrected chi connectivity index (χ3v) is 1.93. The fourth-order valence-corrected chi connectivity index (χ4v) is 1.16. The van der Waals surface area contributed by atoms with Crippen LogP contribution in [-0.4, -0.2) is 20.9 Å². The maximum absolute atomic E-state index is 4.26. The average Bonchev–Trinajstić information content (AvgIpc) is 1.61. The highest BCUT2D eigenvalue weighted by molar-refractivity contribution is 7.82. The van der Waals surface area contributed by atoms with Crippen molar-refractivity contribution in [2.45, 2.75) is 17.7 Å². The van der Waals surface area contributed by atoms with Gasteiger partial charge in [0, 0.05) is 10.2 Å². The molecule has 0 rings (SSSR count). The first kappa shape index (κ1) is 7.92. The summed E-state index contributed by atoms with van der Waals surface area (Å²) < 4.78 is 0. The summed E-state index contributed by atoms with van der Waals surface area (Å²) in [4.78, 5) is 0.687. The SMILES string of the molecule is [SiH3]C(S)CCCS. The minimum Gasteiger partial charge on any atom is -0.180 e. The van der Waals surface area contributed by atoms with E-state index < -0.39 is 0 Å². The first-order valence-corrected chi connectivity index (χ1v) is 4.86. The lowest BCUT2D eigenvalue weighted by Gasteiger charge is -1.97. The van der Waals surface area contributed by atoms with E-state index in [0.717, 1.165) is 5.75 Å². The Balaban J connectivity index is 2.68. The Morgan fingerprint density at radius 2 is 2.14 bits per heavy atom. The molecule has 0 nitrogen and oxygen atoms in total. The van der Waals surface area contributed by atoms with Crippen molar-refractivity contribution in [3.63, 3.8) is 0 Å². The molecule has 0 saturated heterocycles. The van der Waals surface area contributed by atoms with Crippen molar-refractivity contribution in [3.05, 3.63) is 0 Å². The Morgan fingerprint density at radius 3 is 2.29 bits per heavy atom. The van der Waals surface area contributed by atoms with Crippen molar-refractivity contribution < 1.29 is 0 Å². The van der Waals surface area contributed by atoms with E-state index in [2.05, 4.69) is 25.3 Å². The Morgan fingerprint density at radius 1 is 1.57 bits per heavy atom. The minimum absolute atomic E-state index is 0.687. The zero-order chi connectivity index (χ0) is 5.70. The highest BCUT2D eigenvalue weighted by atomic mass is 32.1. The van der Waals surface area contributed by atoms with Gasteiger partial charge in [-0.05, 0) is 23.5 Å². The zero-order valence-electron chi connectivity index (χ0n) is 4.59. The summed E-state index contributed by atoms with van der Waals surface area (Å²) in [5, 5.41) is 0. The number of hydrogen-bond donors (Lipinski definition) is 2. The molecule has 3 heteroatoms. The first-order valence-electron chi connectivity index (χ1n) is 2.56. The number of hydrogen-bond acceptors (Lipinski definition) is 2. The van der Waals surface area contributed by atoms with Crippen LogP contribution in [0.2, 0.25) is 0 Å². The van der Waals surface area contributed by atoms with Gasteiger partial charge in [0.05, 0.1) is 0 Å². The molecule has 0 aromatic carbocycles. The molecular formula is C4H12S2Si. The maximum atomic E-state index is 4.26. The van der Waals surface area contributed by atoms with Gasteiger partial charge in [-0.3, -0.25) is 0 Å². The van der Waals surface area contributed by atoms with Gasteiger partial charge in [-0.2, -0.15) is 25.3 Å². The van der Waals surface area contributed by atoms with Crippen LogP contribution in [-0.2, 0) is 0 Å². The van der Waals surface area contributed by atoms with Gasteiger partial charge in [0.25, 0.3) is 0 Å². The van der Waals surface area contributed by atoms with Crippen LogP contribution in [0.1, 0.15) is 12.8 Å². The molecule has 0 aromatic heterocycles. The molecule has 0 fully saturated rings. The van der Waals surface area contributed by atoms with Gasteiger partial charge in [-0.25, -0.2) is 0 Å². The predicted molar refractivity (Wildman–Crippen MR) is 45.8 cm³/mol. The summed E-state index contributed by atoms with van der Waals surface area (Å²) in [5.74, 6) is 1.01. The highest BCUT2D eigenvalue weighted by Gasteiger charge is 1.90. The molecule has 0 heterocycles. The second-order valence-corrected chi connectivity index (χ2v) is 5.41. The lowest BCUT2D eigenvalue weighted by atomic mass is 10.4. The molecule has 0 aliphatic heterocycles. The average molecular weight is 152 g/mol. The van der Waals surface area contributed by atoms with Crippen LogP contribution < -0.4 is 0 Å². The molecule has 0 N–H and O–H groups in total. The van der Waals surface area contributed by atoms with Crippen LogP contribution in [0.4, 0.5) is 0 Å². The maximum Gasteiger partial charge on any atom is 0.0189 e. The summed E-state index contributed by atoms with van der Waals surface area (Å²) >= 11 is 8.34. The quantitative estimate of drug-likeness (QED) is 0.422. The van der Waals surface area contributed by atoms with Crippen LogP contribution in [0.15, 0.2) is 0 Å². The summed E-state index contributed by atoms with van der Waals surface area (Å²) in [5.41, 5.74) is 0. The molecule has 1 atom stereocenters. The van der Waals surface area contributed by atoms with E-state index in [1.165, 1.54) is 23.1 Å². The summed E-state index contributed by atoms with van der Waals surface area (Å²) in [6, 6.07) is 0. The van der Waals surface area contributed by atoms with Crippen LogP contribution in [0.3, 0.4) is 0 Å². The lowest BCUT2D eigenvalue weighted by Crippen LogP contribution is -1.95. The molecule has 44 valence electrons. The predicted octanol–water partition coefficient (Wildman–Crippen LogP) is 0.318. The summed E-state index contributed by atoms with van der Waals surface area (Å²) in [7, 11) is 1.21. The Labute approximate surface area is 59.3 Å². The lowest BCUT2D eigenvalue weighted by molar-refractivity contribution is 0.879. The number of rotatable bonds is 3. The number of thiol groups is 2. The monoisotopic (exact) mass is 152 g/mol. The fourth-order valence-electron chi connectivity index (χ4n) is 0.387. The van der Waals surface area contributed by atoms with Gasteiger partial charge >= 0.3 is 0 Å². The molecular weight excluding hydrogens is 140 g/mol. The summed E-state index contributed by atoms with van der Waals surface area (Å²) in [6.07, 6.45) is 2.47. The molecule has 0 saturated carbocycles. The van der Waals surface area contributed by atoms with E-state index in [9.17, 15) is 0 Å². The van der Waals surface area contributed by atoms with E-state index in [1.807, 2.05) is 0 Å². The van der Waals surface area contributed by atoms with Crippen molar-refractivity contribution in [3.8, 4) is 0 Å². The fraction of sp³-hybridized carbons (Fsp3) is 1.00. The normalized spacial score (nSPS) is 14.6. The molecule has 0 aromatic rings. The van der Waals surface area contributed by atoms with Crippen molar-refractivity contribution >= 4 is 35.5 Å². The van der Waals surface area contributed by atoms with Crippen molar-refractivity contribution in [2.75, 3.05) is 5.75 Å². The topological polar surface area (TPSA) is 0 Å². The third-order valence-electron chi connectivity index (χ3n) is 0.780. The van der Waals surface area contributed by atoms with E-state index in [-0.39, 0.29) is 0 Å². The van der Waals surface area contributed by atoms with Crippen LogP contribution >= 0.6 is 25.3 Å². The second-order valence-electron chi connectivity index (χ2n) is 1.71. The van der Waals surface area contributed by atoms with Gasteiger partial charge < -0.3 is 0 Å². The minimum atomic E-state index is 0.687. The molecule has 0 radical (unpaired) electrons. The van der Waals surface area contributed by atoms with Crippen molar-refractivity contribution in [2.24, 2.45) is 0 Å². The van der Waals surface area contributed by atoms with Crippen LogP contribution in [0, 0.1) is 0 Å².